The zero-order valence-electron chi connectivity index (χ0n) is 8.54. The fraction of sp³-hybridized carbons (Fsp3) is 0.222. The van der Waals surface area contributed by atoms with E-state index in [0.717, 1.165) is 12.1 Å². The molecular weight excluding hydrogens is 311 g/mol. The smallest absolute Gasteiger partial charge is 0.339 e. The minimum absolute atomic E-state index is 0.0748. The fourth-order valence-corrected chi connectivity index (χ4v) is 2.32. The standard InChI is InChI=1S/C9H7Cl3O4S/c1-2-16-9(13)6-3-5(17(12,14)15)4-7(10)8(6)11/h3-4H,2H2,1H3. The van der Waals surface area contributed by atoms with Gasteiger partial charge in [-0.1, -0.05) is 23.2 Å². The van der Waals surface area contributed by atoms with E-state index in [-0.39, 0.29) is 27.1 Å². The first-order chi connectivity index (χ1) is 7.77. The molecule has 1 aromatic rings. The Kier molecular flexibility index (Phi) is 4.66. The van der Waals surface area contributed by atoms with E-state index in [1.54, 1.807) is 6.92 Å². The van der Waals surface area contributed by atoms with Crippen molar-refractivity contribution >= 4 is 48.9 Å². The third-order valence-corrected chi connectivity index (χ3v) is 3.91. The first-order valence-corrected chi connectivity index (χ1v) is 7.44. The number of halogens is 3. The number of hydrogen-bond donors (Lipinski definition) is 0. The van der Waals surface area contributed by atoms with Gasteiger partial charge in [-0.05, 0) is 19.1 Å². The molecule has 0 spiro atoms. The van der Waals surface area contributed by atoms with Crippen LogP contribution in [0.1, 0.15) is 17.3 Å². The summed E-state index contributed by atoms with van der Waals surface area (Å²) in [6, 6.07) is 2.09. The number of carbonyl (C=O) groups excluding carboxylic acids is 1. The van der Waals surface area contributed by atoms with Gasteiger partial charge in [-0.2, -0.15) is 0 Å². The molecule has 0 aliphatic carbocycles. The highest BCUT2D eigenvalue weighted by atomic mass is 35.7. The Morgan fingerprint density at radius 1 is 1.35 bits per heavy atom. The molecule has 0 saturated carbocycles. The minimum atomic E-state index is -3.99. The van der Waals surface area contributed by atoms with Crippen LogP contribution < -0.4 is 0 Å². The minimum Gasteiger partial charge on any atom is -0.462 e. The van der Waals surface area contributed by atoms with Crippen LogP contribution in [0.15, 0.2) is 17.0 Å². The molecular formula is C9H7Cl3O4S. The van der Waals surface area contributed by atoms with Gasteiger partial charge in [0.05, 0.1) is 27.1 Å². The van der Waals surface area contributed by atoms with Crippen LogP contribution in [-0.2, 0) is 13.8 Å². The molecule has 1 rings (SSSR count). The van der Waals surface area contributed by atoms with Crippen molar-refractivity contribution in [2.24, 2.45) is 0 Å². The van der Waals surface area contributed by atoms with Crippen LogP contribution in [0.2, 0.25) is 10.0 Å². The lowest BCUT2D eigenvalue weighted by atomic mass is 10.2. The van der Waals surface area contributed by atoms with Crippen molar-refractivity contribution in [2.75, 3.05) is 6.61 Å². The van der Waals surface area contributed by atoms with Crippen LogP contribution in [-0.4, -0.2) is 21.0 Å². The van der Waals surface area contributed by atoms with Crippen LogP contribution in [0.4, 0.5) is 0 Å². The molecule has 8 heteroatoms. The van der Waals surface area contributed by atoms with E-state index in [0.29, 0.717) is 0 Å². The van der Waals surface area contributed by atoms with Crippen molar-refractivity contribution in [2.45, 2.75) is 11.8 Å². The topological polar surface area (TPSA) is 60.4 Å². The summed E-state index contributed by atoms with van der Waals surface area (Å²) in [5.41, 5.74) is -0.139. The number of carbonyl (C=O) groups is 1. The van der Waals surface area contributed by atoms with E-state index >= 15 is 0 Å². The second-order valence-corrected chi connectivity index (χ2v) is 6.28. The van der Waals surface area contributed by atoms with Gasteiger partial charge in [-0.15, -0.1) is 0 Å². The second kappa shape index (κ2) is 5.44. The highest BCUT2D eigenvalue weighted by molar-refractivity contribution is 8.13. The molecule has 0 saturated heterocycles. The van der Waals surface area contributed by atoms with Crippen molar-refractivity contribution < 1.29 is 17.9 Å². The normalized spacial score (nSPS) is 11.3. The monoisotopic (exact) mass is 316 g/mol. The highest BCUT2D eigenvalue weighted by Gasteiger charge is 2.20. The lowest BCUT2D eigenvalue weighted by Gasteiger charge is -2.07. The van der Waals surface area contributed by atoms with Gasteiger partial charge in [0, 0.05) is 10.7 Å². The molecule has 17 heavy (non-hydrogen) atoms. The van der Waals surface area contributed by atoms with E-state index in [4.69, 9.17) is 38.6 Å². The van der Waals surface area contributed by atoms with E-state index in [1.165, 1.54) is 0 Å². The number of rotatable bonds is 3. The Hall–Kier alpha value is -0.490. The van der Waals surface area contributed by atoms with Crippen molar-refractivity contribution in [1.29, 1.82) is 0 Å². The first kappa shape index (κ1) is 14.6. The lowest BCUT2D eigenvalue weighted by molar-refractivity contribution is 0.0526. The Labute approximate surface area is 113 Å². The second-order valence-electron chi connectivity index (χ2n) is 2.92. The Balaban J connectivity index is 3.40. The molecule has 0 N–H and O–H groups in total. The quantitative estimate of drug-likeness (QED) is 0.635. The summed E-state index contributed by atoms with van der Waals surface area (Å²) in [5.74, 6) is -0.762. The predicted molar refractivity (Wildman–Crippen MR) is 65.5 cm³/mol. The van der Waals surface area contributed by atoms with E-state index < -0.39 is 15.0 Å². The summed E-state index contributed by atoms with van der Waals surface area (Å²) in [7, 11) is 1.16. The van der Waals surface area contributed by atoms with Gasteiger partial charge in [-0.3, -0.25) is 0 Å². The lowest BCUT2D eigenvalue weighted by Crippen LogP contribution is -2.07. The number of benzene rings is 1. The molecule has 1 aromatic carbocycles. The summed E-state index contributed by atoms with van der Waals surface area (Å²) in [4.78, 5) is 11.2. The number of esters is 1. The van der Waals surface area contributed by atoms with Crippen molar-refractivity contribution in [3.63, 3.8) is 0 Å². The molecule has 0 aliphatic heterocycles. The molecule has 0 radical (unpaired) electrons. The van der Waals surface area contributed by atoms with Crippen molar-refractivity contribution in [3.05, 3.63) is 27.7 Å². The highest BCUT2D eigenvalue weighted by Crippen LogP contribution is 2.31. The van der Waals surface area contributed by atoms with Crippen LogP contribution in [0.3, 0.4) is 0 Å². The molecule has 0 aromatic heterocycles. The van der Waals surface area contributed by atoms with E-state index in [2.05, 4.69) is 0 Å². The van der Waals surface area contributed by atoms with Gasteiger partial charge in [0.25, 0.3) is 9.05 Å². The largest absolute Gasteiger partial charge is 0.462 e. The summed E-state index contributed by atoms with van der Waals surface area (Å²) in [6.07, 6.45) is 0. The summed E-state index contributed by atoms with van der Waals surface area (Å²) in [6.45, 7) is 1.74. The van der Waals surface area contributed by atoms with Crippen LogP contribution >= 0.6 is 33.9 Å². The summed E-state index contributed by atoms with van der Waals surface area (Å²) in [5, 5.41) is -0.161. The van der Waals surface area contributed by atoms with Gasteiger partial charge in [0.15, 0.2) is 0 Å². The maximum Gasteiger partial charge on any atom is 0.339 e. The Morgan fingerprint density at radius 2 is 1.94 bits per heavy atom. The van der Waals surface area contributed by atoms with Crippen molar-refractivity contribution in [3.8, 4) is 0 Å². The molecule has 0 unspecified atom stereocenters. The summed E-state index contributed by atoms with van der Waals surface area (Å²) >= 11 is 11.5. The number of hydrogen-bond acceptors (Lipinski definition) is 4. The SMILES string of the molecule is CCOC(=O)c1cc(S(=O)(=O)Cl)cc(Cl)c1Cl. The molecule has 0 amide bonds. The Morgan fingerprint density at radius 3 is 2.41 bits per heavy atom. The van der Waals surface area contributed by atoms with Crippen LogP contribution in [0, 0.1) is 0 Å². The number of ether oxygens (including phenoxy) is 1. The van der Waals surface area contributed by atoms with Gasteiger partial charge >= 0.3 is 5.97 Å². The third-order valence-electron chi connectivity index (χ3n) is 1.78. The molecule has 4 nitrogen and oxygen atoms in total. The molecule has 94 valence electrons. The van der Waals surface area contributed by atoms with Gasteiger partial charge in [0.2, 0.25) is 0 Å². The van der Waals surface area contributed by atoms with Gasteiger partial charge < -0.3 is 4.74 Å². The molecule has 0 aliphatic rings. The zero-order chi connectivity index (χ0) is 13.2. The molecule has 0 fully saturated rings. The van der Waals surface area contributed by atoms with Gasteiger partial charge in [-0.25, -0.2) is 13.2 Å². The third kappa shape index (κ3) is 3.48. The average Bonchev–Trinajstić information content (AvgIpc) is 2.20. The van der Waals surface area contributed by atoms with Crippen molar-refractivity contribution in [1.82, 2.24) is 0 Å². The average molecular weight is 318 g/mol. The zero-order valence-corrected chi connectivity index (χ0v) is 11.6. The van der Waals surface area contributed by atoms with Crippen LogP contribution in [0.5, 0.6) is 0 Å². The van der Waals surface area contributed by atoms with E-state index in [9.17, 15) is 13.2 Å². The molecule has 0 bridgehead atoms. The predicted octanol–water partition coefficient (Wildman–Crippen LogP) is 3.10. The van der Waals surface area contributed by atoms with Crippen LogP contribution in [0.25, 0.3) is 0 Å². The van der Waals surface area contributed by atoms with Gasteiger partial charge in [0.1, 0.15) is 0 Å². The molecule has 0 atom stereocenters. The summed E-state index contributed by atoms with van der Waals surface area (Å²) < 4.78 is 27.0. The molecule has 0 heterocycles. The first-order valence-electron chi connectivity index (χ1n) is 4.38. The fourth-order valence-electron chi connectivity index (χ4n) is 1.06. The Bertz CT molecular complexity index is 554. The maximum atomic E-state index is 11.5. The van der Waals surface area contributed by atoms with E-state index in [1.807, 2.05) is 0 Å². The maximum absolute atomic E-state index is 11.5.